The zero-order valence-corrected chi connectivity index (χ0v) is 17.8. The van der Waals surface area contributed by atoms with Crippen molar-refractivity contribution in [1.82, 2.24) is 9.80 Å². The number of methoxy groups -OCH3 is 1. The van der Waals surface area contributed by atoms with E-state index in [0.29, 0.717) is 17.7 Å². The molecule has 1 saturated heterocycles. The standard InChI is InChI=1S/C22H38N2O3/c1-6-23(7-2)16-19(25)17-27-20-9-8-18(14-21(20)26-5)15-24-12-10-22(3,4)11-13-24/h8-9,14,19,25H,6-7,10-13,15-17H2,1-5H3/t19-/m0/s1. The van der Waals surface area contributed by atoms with Crippen molar-refractivity contribution in [3.05, 3.63) is 23.8 Å². The van der Waals surface area contributed by atoms with Crippen molar-refractivity contribution in [3.8, 4) is 11.5 Å². The maximum absolute atomic E-state index is 10.2. The SMILES string of the molecule is CCN(CC)C[C@H](O)COc1ccc(CN2CCC(C)(C)CC2)cc1OC. The van der Waals surface area contributed by atoms with E-state index in [9.17, 15) is 5.11 Å². The van der Waals surface area contributed by atoms with Crippen LogP contribution < -0.4 is 9.47 Å². The third-order valence-corrected chi connectivity index (χ3v) is 5.64. The van der Waals surface area contributed by atoms with E-state index < -0.39 is 6.10 Å². The summed E-state index contributed by atoms with van der Waals surface area (Å²) < 4.78 is 11.4. The Balaban J connectivity index is 1.90. The van der Waals surface area contributed by atoms with Crippen LogP contribution in [0.25, 0.3) is 0 Å². The zero-order chi connectivity index (χ0) is 19.9. The van der Waals surface area contributed by atoms with Gasteiger partial charge in [0.05, 0.1) is 7.11 Å². The summed E-state index contributed by atoms with van der Waals surface area (Å²) in [6, 6.07) is 6.13. The van der Waals surface area contributed by atoms with Gasteiger partial charge < -0.3 is 19.5 Å². The third kappa shape index (κ3) is 6.98. The third-order valence-electron chi connectivity index (χ3n) is 5.64. The number of hydrogen-bond acceptors (Lipinski definition) is 5. The predicted molar refractivity (Wildman–Crippen MR) is 111 cm³/mol. The van der Waals surface area contributed by atoms with Crippen LogP contribution in [-0.2, 0) is 6.54 Å². The van der Waals surface area contributed by atoms with Crippen molar-refractivity contribution < 1.29 is 14.6 Å². The first-order valence-corrected chi connectivity index (χ1v) is 10.3. The van der Waals surface area contributed by atoms with E-state index in [4.69, 9.17) is 9.47 Å². The molecular weight excluding hydrogens is 340 g/mol. The van der Waals surface area contributed by atoms with Gasteiger partial charge in [0.2, 0.25) is 0 Å². The number of likely N-dealkylation sites (N-methyl/N-ethyl adjacent to an activating group) is 1. The molecule has 154 valence electrons. The van der Waals surface area contributed by atoms with E-state index >= 15 is 0 Å². The lowest BCUT2D eigenvalue weighted by atomic mass is 9.82. The van der Waals surface area contributed by atoms with Gasteiger partial charge in [-0.3, -0.25) is 4.90 Å². The normalized spacial score (nSPS) is 18.5. The van der Waals surface area contributed by atoms with Gasteiger partial charge >= 0.3 is 0 Å². The molecule has 2 rings (SSSR count). The van der Waals surface area contributed by atoms with E-state index in [-0.39, 0.29) is 6.61 Å². The lowest BCUT2D eigenvalue weighted by Gasteiger charge is -2.37. The summed E-state index contributed by atoms with van der Waals surface area (Å²) in [6.07, 6.45) is 1.98. The van der Waals surface area contributed by atoms with Crippen LogP contribution in [-0.4, -0.2) is 67.5 Å². The van der Waals surface area contributed by atoms with Gasteiger partial charge in [0, 0.05) is 13.1 Å². The van der Waals surface area contributed by atoms with Crippen LogP contribution in [0.2, 0.25) is 0 Å². The van der Waals surface area contributed by atoms with Gasteiger partial charge in [-0.15, -0.1) is 0 Å². The molecule has 1 aromatic rings. The van der Waals surface area contributed by atoms with Crippen molar-refractivity contribution in [2.24, 2.45) is 5.41 Å². The van der Waals surface area contributed by atoms with Crippen molar-refractivity contribution in [1.29, 1.82) is 0 Å². The van der Waals surface area contributed by atoms with E-state index in [1.54, 1.807) is 7.11 Å². The molecule has 1 heterocycles. The van der Waals surface area contributed by atoms with Gasteiger partial charge in [0.15, 0.2) is 11.5 Å². The number of aliphatic hydroxyl groups excluding tert-OH is 1. The molecule has 0 radical (unpaired) electrons. The number of likely N-dealkylation sites (tertiary alicyclic amines) is 1. The second kappa shape index (κ2) is 10.3. The lowest BCUT2D eigenvalue weighted by Crippen LogP contribution is -2.36. The highest BCUT2D eigenvalue weighted by molar-refractivity contribution is 5.43. The van der Waals surface area contributed by atoms with Crippen molar-refractivity contribution in [2.45, 2.75) is 53.2 Å². The topological polar surface area (TPSA) is 45.2 Å². The minimum absolute atomic E-state index is 0.271. The smallest absolute Gasteiger partial charge is 0.161 e. The average Bonchev–Trinajstić information content (AvgIpc) is 2.66. The van der Waals surface area contributed by atoms with E-state index in [1.165, 1.54) is 18.4 Å². The fourth-order valence-electron chi connectivity index (χ4n) is 3.52. The number of hydrogen-bond donors (Lipinski definition) is 1. The molecule has 1 aromatic carbocycles. The van der Waals surface area contributed by atoms with Crippen LogP contribution in [0.3, 0.4) is 0 Å². The number of ether oxygens (including phenoxy) is 2. The molecule has 27 heavy (non-hydrogen) atoms. The molecule has 1 aliphatic heterocycles. The second-order valence-electron chi connectivity index (χ2n) is 8.38. The van der Waals surface area contributed by atoms with Gasteiger partial charge in [-0.05, 0) is 62.1 Å². The highest BCUT2D eigenvalue weighted by atomic mass is 16.5. The van der Waals surface area contributed by atoms with Gasteiger partial charge in [0.25, 0.3) is 0 Å². The Labute approximate surface area is 165 Å². The Kier molecular flexibility index (Phi) is 8.39. The van der Waals surface area contributed by atoms with E-state index in [2.05, 4.69) is 49.6 Å². The largest absolute Gasteiger partial charge is 0.493 e. The summed E-state index contributed by atoms with van der Waals surface area (Å²) in [5, 5.41) is 10.2. The Hall–Kier alpha value is -1.30. The van der Waals surface area contributed by atoms with Crippen molar-refractivity contribution in [3.63, 3.8) is 0 Å². The molecule has 1 atom stereocenters. The highest BCUT2D eigenvalue weighted by Gasteiger charge is 2.25. The molecule has 0 aliphatic carbocycles. The average molecular weight is 379 g/mol. The molecule has 1 aliphatic rings. The fourth-order valence-corrected chi connectivity index (χ4v) is 3.52. The molecule has 0 unspecified atom stereocenters. The zero-order valence-electron chi connectivity index (χ0n) is 17.8. The van der Waals surface area contributed by atoms with E-state index in [0.717, 1.165) is 38.5 Å². The fraction of sp³-hybridized carbons (Fsp3) is 0.727. The summed E-state index contributed by atoms with van der Waals surface area (Å²) >= 11 is 0. The van der Waals surface area contributed by atoms with Crippen LogP contribution in [0.4, 0.5) is 0 Å². The first-order chi connectivity index (χ1) is 12.9. The maximum Gasteiger partial charge on any atom is 0.161 e. The summed E-state index contributed by atoms with van der Waals surface area (Å²) in [5.74, 6) is 1.43. The molecule has 0 amide bonds. The van der Waals surface area contributed by atoms with Gasteiger partial charge in [-0.1, -0.05) is 33.8 Å². The summed E-state index contributed by atoms with van der Waals surface area (Å²) in [7, 11) is 1.67. The first-order valence-electron chi connectivity index (χ1n) is 10.3. The monoisotopic (exact) mass is 378 g/mol. The van der Waals surface area contributed by atoms with Crippen LogP contribution in [0.15, 0.2) is 18.2 Å². The number of nitrogens with zero attached hydrogens (tertiary/aromatic N) is 2. The maximum atomic E-state index is 10.2. The van der Waals surface area contributed by atoms with Crippen LogP contribution >= 0.6 is 0 Å². The van der Waals surface area contributed by atoms with E-state index in [1.807, 2.05) is 6.07 Å². The molecule has 1 fully saturated rings. The molecular formula is C22H38N2O3. The molecule has 1 N–H and O–H groups in total. The number of benzene rings is 1. The van der Waals surface area contributed by atoms with Crippen molar-refractivity contribution >= 4 is 0 Å². The van der Waals surface area contributed by atoms with Crippen LogP contribution in [0.5, 0.6) is 11.5 Å². The van der Waals surface area contributed by atoms with Gasteiger partial charge in [-0.2, -0.15) is 0 Å². The van der Waals surface area contributed by atoms with Crippen molar-refractivity contribution in [2.75, 3.05) is 46.4 Å². The molecule has 0 bridgehead atoms. The van der Waals surface area contributed by atoms with Crippen LogP contribution in [0.1, 0.15) is 46.1 Å². The van der Waals surface area contributed by atoms with Crippen LogP contribution in [0, 0.1) is 5.41 Å². The van der Waals surface area contributed by atoms with Gasteiger partial charge in [-0.25, -0.2) is 0 Å². The molecule has 5 nitrogen and oxygen atoms in total. The lowest BCUT2D eigenvalue weighted by molar-refractivity contribution is 0.0705. The molecule has 0 saturated carbocycles. The summed E-state index contributed by atoms with van der Waals surface area (Å²) in [6.45, 7) is 14.9. The Morgan fingerprint density at radius 1 is 1.15 bits per heavy atom. The number of aliphatic hydroxyl groups is 1. The Bertz CT molecular complexity index is 563. The first kappa shape index (κ1) is 22.0. The minimum atomic E-state index is -0.508. The van der Waals surface area contributed by atoms with Gasteiger partial charge in [0.1, 0.15) is 12.7 Å². The second-order valence-corrected chi connectivity index (χ2v) is 8.38. The minimum Gasteiger partial charge on any atom is -0.493 e. The summed E-state index contributed by atoms with van der Waals surface area (Å²) in [4.78, 5) is 4.70. The quantitative estimate of drug-likeness (QED) is 0.676. The number of piperidine rings is 1. The Morgan fingerprint density at radius 2 is 1.81 bits per heavy atom. The Morgan fingerprint density at radius 3 is 2.41 bits per heavy atom. The predicted octanol–water partition coefficient (Wildman–Crippen LogP) is 3.40. The molecule has 5 heteroatoms. The molecule has 0 spiro atoms. The molecule has 0 aromatic heterocycles. The number of rotatable bonds is 10. The summed E-state index contributed by atoms with van der Waals surface area (Å²) in [5.41, 5.74) is 1.71. The highest BCUT2D eigenvalue weighted by Crippen LogP contribution is 2.32.